The number of ether oxygens (including phenoxy) is 1. The van der Waals surface area contributed by atoms with Gasteiger partial charge in [-0.15, -0.1) is 0 Å². The average molecular weight is 324 g/mol. The lowest BCUT2D eigenvalue weighted by atomic mass is 10.2. The molecule has 0 saturated carbocycles. The van der Waals surface area contributed by atoms with Gasteiger partial charge in [0.2, 0.25) is 0 Å². The molecule has 5 nitrogen and oxygen atoms in total. The highest BCUT2D eigenvalue weighted by molar-refractivity contribution is 7.87. The van der Waals surface area contributed by atoms with E-state index in [1.807, 2.05) is 6.07 Å². The normalized spacial score (nSPS) is 10.7. The zero-order valence-corrected chi connectivity index (χ0v) is 12.5. The first-order valence-electron chi connectivity index (χ1n) is 5.74. The maximum absolute atomic E-state index is 12.1. The van der Waals surface area contributed by atoms with Crippen molar-refractivity contribution < 1.29 is 17.3 Å². The van der Waals surface area contributed by atoms with Crippen LogP contribution in [-0.4, -0.2) is 15.5 Å². The third-order valence-electron chi connectivity index (χ3n) is 2.59. The van der Waals surface area contributed by atoms with Gasteiger partial charge in [0.15, 0.2) is 11.5 Å². The van der Waals surface area contributed by atoms with E-state index in [4.69, 9.17) is 25.8 Å². The molecule has 2 rings (SSSR count). The van der Waals surface area contributed by atoms with Crippen LogP contribution in [0.1, 0.15) is 5.56 Å². The summed E-state index contributed by atoms with van der Waals surface area (Å²) in [6, 6.07) is 11.7. The Balaban J connectivity index is 2.37. The van der Waals surface area contributed by atoms with Crippen molar-refractivity contribution in [3.63, 3.8) is 0 Å². The van der Waals surface area contributed by atoms with Crippen LogP contribution in [0, 0.1) is 11.3 Å². The fourth-order valence-corrected chi connectivity index (χ4v) is 2.64. The SMILES string of the molecule is COc1cc(C#N)ccc1OS(=O)(=O)c1ccc(Cl)cc1. The zero-order valence-electron chi connectivity index (χ0n) is 10.9. The van der Waals surface area contributed by atoms with E-state index in [1.54, 1.807) is 0 Å². The monoisotopic (exact) mass is 323 g/mol. The fraction of sp³-hybridized carbons (Fsp3) is 0.0714. The second kappa shape index (κ2) is 6.04. The van der Waals surface area contributed by atoms with Crippen molar-refractivity contribution in [2.24, 2.45) is 0 Å². The Bertz CT molecular complexity index is 795. The van der Waals surface area contributed by atoms with E-state index in [-0.39, 0.29) is 16.4 Å². The summed E-state index contributed by atoms with van der Waals surface area (Å²) in [6.07, 6.45) is 0. The van der Waals surface area contributed by atoms with Crippen LogP contribution < -0.4 is 8.92 Å². The predicted molar refractivity (Wildman–Crippen MR) is 77.0 cm³/mol. The number of hydrogen-bond acceptors (Lipinski definition) is 5. The fourth-order valence-electron chi connectivity index (χ4n) is 1.57. The molecule has 0 atom stereocenters. The van der Waals surface area contributed by atoms with Gasteiger partial charge in [-0.2, -0.15) is 13.7 Å². The van der Waals surface area contributed by atoms with Crippen molar-refractivity contribution in [1.29, 1.82) is 5.26 Å². The zero-order chi connectivity index (χ0) is 15.5. The lowest BCUT2D eigenvalue weighted by Crippen LogP contribution is -2.10. The molecule has 0 aliphatic carbocycles. The largest absolute Gasteiger partial charge is 0.493 e. The molecule has 0 unspecified atom stereocenters. The summed E-state index contributed by atoms with van der Waals surface area (Å²) in [4.78, 5) is -0.0293. The van der Waals surface area contributed by atoms with Gasteiger partial charge in [0.1, 0.15) is 4.90 Å². The van der Waals surface area contributed by atoms with Crippen molar-refractivity contribution in [2.45, 2.75) is 4.90 Å². The molecule has 0 amide bonds. The van der Waals surface area contributed by atoms with Crippen molar-refractivity contribution in [3.05, 3.63) is 53.1 Å². The van der Waals surface area contributed by atoms with Crippen molar-refractivity contribution in [3.8, 4) is 17.6 Å². The van der Waals surface area contributed by atoms with Crippen LogP contribution in [0.3, 0.4) is 0 Å². The minimum atomic E-state index is -4.00. The maximum atomic E-state index is 12.1. The first kappa shape index (κ1) is 15.2. The highest BCUT2D eigenvalue weighted by Gasteiger charge is 2.19. The van der Waals surface area contributed by atoms with E-state index in [1.165, 1.54) is 49.6 Å². The lowest BCUT2D eigenvalue weighted by Gasteiger charge is -2.10. The number of halogens is 1. The third kappa shape index (κ3) is 3.45. The first-order valence-corrected chi connectivity index (χ1v) is 7.53. The Labute approximate surface area is 127 Å². The highest BCUT2D eigenvalue weighted by atomic mass is 35.5. The minimum absolute atomic E-state index is 0.00597. The van der Waals surface area contributed by atoms with E-state index in [2.05, 4.69) is 0 Å². The molecule has 0 saturated heterocycles. The molecule has 21 heavy (non-hydrogen) atoms. The summed E-state index contributed by atoms with van der Waals surface area (Å²) in [5.41, 5.74) is 0.336. The second-order valence-electron chi connectivity index (χ2n) is 3.97. The van der Waals surface area contributed by atoms with E-state index >= 15 is 0 Å². The molecule has 0 heterocycles. The molecule has 2 aromatic rings. The van der Waals surface area contributed by atoms with Gasteiger partial charge in [0.25, 0.3) is 0 Å². The average Bonchev–Trinajstić information content (AvgIpc) is 2.47. The number of rotatable bonds is 4. The van der Waals surface area contributed by atoms with Crippen molar-refractivity contribution in [1.82, 2.24) is 0 Å². The lowest BCUT2D eigenvalue weighted by molar-refractivity contribution is 0.390. The van der Waals surface area contributed by atoms with E-state index in [0.717, 1.165) is 0 Å². The van der Waals surface area contributed by atoms with Crippen LogP contribution in [0.15, 0.2) is 47.4 Å². The summed E-state index contributed by atoms with van der Waals surface area (Å²) in [7, 11) is -2.64. The van der Waals surface area contributed by atoms with Crippen molar-refractivity contribution >= 4 is 21.7 Å². The van der Waals surface area contributed by atoms with Gasteiger partial charge in [0, 0.05) is 11.1 Å². The quantitative estimate of drug-likeness (QED) is 0.808. The van der Waals surface area contributed by atoms with Gasteiger partial charge in [-0.25, -0.2) is 0 Å². The standard InChI is InChI=1S/C14H10ClNO4S/c1-19-14-8-10(9-16)2-7-13(14)20-21(17,18)12-5-3-11(15)4-6-12/h2-8H,1H3. The molecule has 0 fully saturated rings. The Morgan fingerprint density at radius 1 is 1.10 bits per heavy atom. The summed E-state index contributed by atoms with van der Waals surface area (Å²) in [5.74, 6) is 0.165. The van der Waals surface area contributed by atoms with Crippen LogP contribution in [0.5, 0.6) is 11.5 Å². The maximum Gasteiger partial charge on any atom is 0.339 e. The van der Waals surface area contributed by atoms with Gasteiger partial charge in [0.05, 0.1) is 18.7 Å². The summed E-state index contributed by atoms with van der Waals surface area (Å²) < 4.78 is 34.4. The molecule has 0 radical (unpaired) electrons. The highest BCUT2D eigenvalue weighted by Crippen LogP contribution is 2.30. The van der Waals surface area contributed by atoms with Crippen LogP contribution in [0.4, 0.5) is 0 Å². The third-order valence-corrected chi connectivity index (χ3v) is 4.09. The molecule has 0 aromatic heterocycles. The minimum Gasteiger partial charge on any atom is -0.493 e. The Morgan fingerprint density at radius 3 is 2.33 bits per heavy atom. The number of nitrogens with zero attached hydrogens (tertiary/aromatic N) is 1. The van der Waals surface area contributed by atoms with Crippen LogP contribution in [0.2, 0.25) is 5.02 Å². The Kier molecular flexibility index (Phi) is 4.36. The van der Waals surface area contributed by atoms with Crippen LogP contribution >= 0.6 is 11.6 Å². The van der Waals surface area contributed by atoms with Crippen molar-refractivity contribution in [2.75, 3.05) is 7.11 Å². The Hall–Kier alpha value is -2.23. The van der Waals surface area contributed by atoms with Gasteiger partial charge < -0.3 is 8.92 Å². The number of hydrogen-bond donors (Lipinski definition) is 0. The van der Waals surface area contributed by atoms with Crippen LogP contribution in [-0.2, 0) is 10.1 Å². The first-order chi connectivity index (χ1) is 9.96. The van der Waals surface area contributed by atoms with Gasteiger partial charge in [-0.05, 0) is 36.4 Å². The topological polar surface area (TPSA) is 76.4 Å². The smallest absolute Gasteiger partial charge is 0.339 e. The molecule has 108 valence electrons. The molecular formula is C14H10ClNO4S. The Morgan fingerprint density at radius 2 is 1.76 bits per heavy atom. The van der Waals surface area contributed by atoms with Gasteiger partial charge in [-0.3, -0.25) is 0 Å². The van der Waals surface area contributed by atoms with Crippen LogP contribution in [0.25, 0.3) is 0 Å². The molecule has 0 aliphatic heterocycles. The molecule has 0 spiro atoms. The number of benzene rings is 2. The van der Waals surface area contributed by atoms with E-state index in [0.29, 0.717) is 10.6 Å². The molecule has 2 aromatic carbocycles. The van der Waals surface area contributed by atoms with Gasteiger partial charge in [-0.1, -0.05) is 11.6 Å². The molecule has 7 heteroatoms. The number of methoxy groups -OCH3 is 1. The number of nitriles is 1. The second-order valence-corrected chi connectivity index (χ2v) is 5.95. The summed E-state index contributed by atoms with van der Waals surface area (Å²) in [5, 5.41) is 9.23. The summed E-state index contributed by atoms with van der Waals surface area (Å²) in [6.45, 7) is 0. The molecule has 0 N–H and O–H groups in total. The molecule has 0 aliphatic rings. The van der Waals surface area contributed by atoms with Gasteiger partial charge >= 0.3 is 10.1 Å². The summed E-state index contributed by atoms with van der Waals surface area (Å²) >= 11 is 5.72. The molecular weight excluding hydrogens is 314 g/mol. The van der Waals surface area contributed by atoms with E-state index in [9.17, 15) is 8.42 Å². The predicted octanol–water partition coefficient (Wildman–Crippen LogP) is 2.99. The molecule has 0 bridgehead atoms. The van der Waals surface area contributed by atoms with E-state index < -0.39 is 10.1 Å².